The van der Waals surface area contributed by atoms with E-state index in [2.05, 4.69) is 11.0 Å². The Bertz CT molecular complexity index is 283. The molecule has 3 heteroatoms. The lowest BCUT2D eigenvalue weighted by Crippen LogP contribution is -2.36. The van der Waals surface area contributed by atoms with Gasteiger partial charge >= 0.3 is 0 Å². The molecule has 0 spiro atoms. The molecule has 0 amide bonds. The predicted molar refractivity (Wildman–Crippen MR) is 65.2 cm³/mol. The number of nitrogen functional groups attached to an aromatic ring is 1. The third kappa shape index (κ3) is 3.44. The summed E-state index contributed by atoms with van der Waals surface area (Å²) in [6.07, 6.45) is 0. The molecule has 3 nitrogen and oxygen atoms in total. The van der Waals surface area contributed by atoms with Crippen molar-refractivity contribution in [1.82, 2.24) is 0 Å². The van der Waals surface area contributed by atoms with Crippen molar-refractivity contribution in [3.63, 3.8) is 0 Å². The number of nitrogens with zero attached hydrogens (tertiary/aromatic N) is 1. The highest BCUT2D eigenvalue weighted by atomic mass is 16.5. The standard InChI is InChI=1S/C10H14N2O.C2H6/c11-9-2-1-3-10(8-9)12-4-6-13-7-5-12;1-2/h1-3,8H,4-7,11H2;1-2H3. The topological polar surface area (TPSA) is 38.5 Å². The lowest BCUT2D eigenvalue weighted by Gasteiger charge is -2.28. The molecule has 1 aromatic carbocycles. The summed E-state index contributed by atoms with van der Waals surface area (Å²) in [4.78, 5) is 2.29. The summed E-state index contributed by atoms with van der Waals surface area (Å²) in [6.45, 7) is 7.55. The van der Waals surface area contributed by atoms with Crippen LogP contribution >= 0.6 is 0 Å². The molecule has 84 valence electrons. The summed E-state index contributed by atoms with van der Waals surface area (Å²) in [5.41, 5.74) is 7.73. The number of morpholine rings is 1. The van der Waals surface area contributed by atoms with E-state index < -0.39 is 0 Å². The molecule has 0 atom stereocenters. The Hall–Kier alpha value is -1.22. The first kappa shape index (κ1) is 11.9. The third-order valence-electron chi connectivity index (χ3n) is 2.25. The number of benzene rings is 1. The van der Waals surface area contributed by atoms with Crippen molar-refractivity contribution < 1.29 is 4.74 Å². The molecule has 0 radical (unpaired) electrons. The molecule has 1 saturated heterocycles. The molecule has 0 saturated carbocycles. The molecule has 0 bridgehead atoms. The number of hydrogen-bond acceptors (Lipinski definition) is 3. The Kier molecular flexibility index (Phi) is 4.98. The lowest BCUT2D eigenvalue weighted by atomic mass is 10.2. The van der Waals surface area contributed by atoms with Gasteiger partial charge in [-0.2, -0.15) is 0 Å². The molecular formula is C12H20N2O. The Morgan fingerprint density at radius 2 is 1.87 bits per heavy atom. The molecule has 15 heavy (non-hydrogen) atoms. The highest BCUT2D eigenvalue weighted by Gasteiger charge is 2.10. The van der Waals surface area contributed by atoms with Crippen molar-refractivity contribution in [2.75, 3.05) is 36.9 Å². The summed E-state index contributed by atoms with van der Waals surface area (Å²) < 4.78 is 5.28. The molecule has 1 aliphatic rings. The van der Waals surface area contributed by atoms with Gasteiger partial charge < -0.3 is 15.4 Å². The van der Waals surface area contributed by atoms with Crippen molar-refractivity contribution in [1.29, 1.82) is 0 Å². The average molecular weight is 208 g/mol. The van der Waals surface area contributed by atoms with Crippen LogP contribution in [0.3, 0.4) is 0 Å². The van der Waals surface area contributed by atoms with Crippen molar-refractivity contribution in [3.8, 4) is 0 Å². The van der Waals surface area contributed by atoms with Crippen LogP contribution in [0.2, 0.25) is 0 Å². The van der Waals surface area contributed by atoms with E-state index in [0.717, 1.165) is 32.0 Å². The Morgan fingerprint density at radius 3 is 2.47 bits per heavy atom. The number of anilines is 2. The Labute approximate surface area is 91.8 Å². The minimum absolute atomic E-state index is 0.814. The molecule has 2 N–H and O–H groups in total. The first-order valence-electron chi connectivity index (χ1n) is 5.54. The van der Waals surface area contributed by atoms with Crippen LogP contribution in [0.1, 0.15) is 13.8 Å². The maximum atomic E-state index is 5.71. The van der Waals surface area contributed by atoms with Gasteiger partial charge in [0.1, 0.15) is 0 Å². The van der Waals surface area contributed by atoms with Gasteiger partial charge in [0, 0.05) is 24.5 Å². The van der Waals surface area contributed by atoms with E-state index in [-0.39, 0.29) is 0 Å². The molecule has 1 heterocycles. The summed E-state index contributed by atoms with van der Waals surface area (Å²) >= 11 is 0. The van der Waals surface area contributed by atoms with Crippen molar-refractivity contribution >= 4 is 11.4 Å². The fraction of sp³-hybridized carbons (Fsp3) is 0.500. The maximum absolute atomic E-state index is 5.71. The van der Waals surface area contributed by atoms with E-state index >= 15 is 0 Å². The van der Waals surface area contributed by atoms with E-state index in [9.17, 15) is 0 Å². The average Bonchev–Trinajstić information content (AvgIpc) is 2.33. The quantitative estimate of drug-likeness (QED) is 0.718. The third-order valence-corrected chi connectivity index (χ3v) is 2.25. The first-order chi connectivity index (χ1) is 7.36. The van der Waals surface area contributed by atoms with Gasteiger partial charge in [0.2, 0.25) is 0 Å². The van der Waals surface area contributed by atoms with Crippen LogP contribution in [0, 0.1) is 0 Å². The summed E-state index contributed by atoms with van der Waals surface area (Å²) in [5, 5.41) is 0. The molecule has 0 unspecified atom stereocenters. The van der Waals surface area contributed by atoms with Gasteiger partial charge in [-0.25, -0.2) is 0 Å². The van der Waals surface area contributed by atoms with Crippen LogP contribution in [0.5, 0.6) is 0 Å². The van der Waals surface area contributed by atoms with Crippen LogP contribution < -0.4 is 10.6 Å². The van der Waals surface area contributed by atoms with Crippen molar-refractivity contribution in [3.05, 3.63) is 24.3 Å². The summed E-state index contributed by atoms with van der Waals surface area (Å²) in [5.74, 6) is 0. The zero-order valence-corrected chi connectivity index (χ0v) is 9.57. The molecule has 1 aliphatic heterocycles. The van der Waals surface area contributed by atoms with Gasteiger partial charge in [0.05, 0.1) is 13.2 Å². The lowest BCUT2D eigenvalue weighted by molar-refractivity contribution is 0.122. The number of nitrogens with two attached hydrogens (primary N) is 1. The second-order valence-electron chi connectivity index (χ2n) is 3.19. The van der Waals surface area contributed by atoms with E-state index in [4.69, 9.17) is 10.5 Å². The molecule has 0 aliphatic carbocycles. The largest absolute Gasteiger partial charge is 0.399 e. The van der Waals surface area contributed by atoms with Gasteiger partial charge in [-0.05, 0) is 18.2 Å². The Balaban J connectivity index is 0.000000531. The van der Waals surface area contributed by atoms with Crippen LogP contribution in [-0.2, 0) is 4.74 Å². The second-order valence-corrected chi connectivity index (χ2v) is 3.19. The highest BCUT2D eigenvalue weighted by molar-refractivity contribution is 5.56. The maximum Gasteiger partial charge on any atom is 0.0642 e. The van der Waals surface area contributed by atoms with Gasteiger partial charge in [-0.1, -0.05) is 19.9 Å². The van der Waals surface area contributed by atoms with Crippen LogP contribution in [0.25, 0.3) is 0 Å². The number of rotatable bonds is 1. The number of hydrogen-bond donors (Lipinski definition) is 1. The van der Waals surface area contributed by atoms with Gasteiger partial charge in [-0.3, -0.25) is 0 Å². The van der Waals surface area contributed by atoms with Gasteiger partial charge in [-0.15, -0.1) is 0 Å². The molecule has 0 aromatic heterocycles. The minimum atomic E-state index is 0.814. The molecule has 1 aromatic rings. The van der Waals surface area contributed by atoms with Crippen LogP contribution in [-0.4, -0.2) is 26.3 Å². The first-order valence-corrected chi connectivity index (χ1v) is 5.54. The van der Waals surface area contributed by atoms with Crippen LogP contribution in [0.4, 0.5) is 11.4 Å². The summed E-state index contributed by atoms with van der Waals surface area (Å²) in [6, 6.07) is 7.98. The van der Waals surface area contributed by atoms with E-state index in [0.29, 0.717) is 0 Å². The van der Waals surface area contributed by atoms with Crippen molar-refractivity contribution in [2.45, 2.75) is 13.8 Å². The van der Waals surface area contributed by atoms with E-state index in [1.54, 1.807) is 0 Å². The fourth-order valence-corrected chi connectivity index (χ4v) is 1.54. The predicted octanol–water partition coefficient (Wildman–Crippen LogP) is 2.13. The zero-order valence-electron chi connectivity index (χ0n) is 9.57. The van der Waals surface area contributed by atoms with Crippen molar-refractivity contribution in [2.24, 2.45) is 0 Å². The van der Waals surface area contributed by atoms with Gasteiger partial charge in [0.15, 0.2) is 0 Å². The van der Waals surface area contributed by atoms with E-state index in [1.807, 2.05) is 32.0 Å². The monoisotopic (exact) mass is 208 g/mol. The zero-order chi connectivity index (χ0) is 11.1. The molecular weight excluding hydrogens is 188 g/mol. The molecule has 1 fully saturated rings. The van der Waals surface area contributed by atoms with Gasteiger partial charge in [0.25, 0.3) is 0 Å². The van der Waals surface area contributed by atoms with E-state index in [1.165, 1.54) is 5.69 Å². The summed E-state index contributed by atoms with van der Waals surface area (Å²) in [7, 11) is 0. The number of ether oxygens (including phenoxy) is 1. The van der Waals surface area contributed by atoms with Crippen LogP contribution in [0.15, 0.2) is 24.3 Å². The fourth-order valence-electron chi connectivity index (χ4n) is 1.54. The second kappa shape index (κ2) is 6.30. The highest BCUT2D eigenvalue weighted by Crippen LogP contribution is 2.18. The minimum Gasteiger partial charge on any atom is -0.399 e. The normalized spacial score (nSPS) is 15.5. The Morgan fingerprint density at radius 1 is 1.20 bits per heavy atom. The molecule has 2 rings (SSSR count). The smallest absolute Gasteiger partial charge is 0.0642 e. The SMILES string of the molecule is CC.Nc1cccc(N2CCOCC2)c1.